The molecule has 0 radical (unpaired) electrons. The Kier molecular flexibility index (Phi) is 8.17. The Morgan fingerprint density at radius 1 is 0.600 bits per heavy atom. The zero-order valence-corrected chi connectivity index (χ0v) is 31.3. The fourth-order valence-corrected chi connectivity index (χ4v) is 9.12. The van der Waals surface area contributed by atoms with Crippen molar-refractivity contribution < 1.29 is 0 Å². The topological polar surface area (TPSA) is 36.8 Å². The van der Waals surface area contributed by atoms with E-state index in [1.54, 1.807) is 0 Å². The smallest absolute Gasteiger partial charge is 0.159 e. The van der Waals surface area contributed by atoms with E-state index in [4.69, 9.17) is 9.98 Å². The molecule has 3 atom stereocenters. The van der Waals surface area contributed by atoms with Crippen LogP contribution in [0.3, 0.4) is 0 Å². The van der Waals surface area contributed by atoms with E-state index >= 15 is 0 Å². The Bertz CT molecular complexity index is 2550. The first-order valence-corrected chi connectivity index (χ1v) is 19.6. The largest absolute Gasteiger partial charge is 0.344 e. The zero-order valence-electron chi connectivity index (χ0n) is 31.3. The Hall–Kier alpha value is -6.32. The normalized spacial score (nSPS) is 20.7. The van der Waals surface area contributed by atoms with E-state index in [1.807, 2.05) is 36.4 Å². The monoisotopic (exact) mass is 709 g/mol. The van der Waals surface area contributed by atoms with Gasteiger partial charge < -0.3 is 5.32 Å². The summed E-state index contributed by atoms with van der Waals surface area (Å²) >= 11 is 0. The van der Waals surface area contributed by atoms with Gasteiger partial charge in [-0.1, -0.05) is 184 Å². The van der Waals surface area contributed by atoms with Gasteiger partial charge in [0, 0.05) is 22.5 Å². The molecule has 3 nitrogen and oxygen atoms in total. The molecule has 0 fully saturated rings. The lowest BCUT2D eigenvalue weighted by Crippen LogP contribution is -2.33. The molecular formula is C52H43N3. The number of benzene rings is 6. The molecule has 55 heavy (non-hydrogen) atoms. The molecule has 266 valence electrons. The summed E-state index contributed by atoms with van der Waals surface area (Å²) in [6.07, 6.45) is 9.60. The van der Waals surface area contributed by atoms with Crippen molar-refractivity contribution in [3.05, 3.63) is 215 Å². The molecule has 0 aromatic heterocycles. The van der Waals surface area contributed by atoms with E-state index in [1.165, 1.54) is 62.1 Å². The Morgan fingerprint density at radius 2 is 1.18 bits per heavy atom. The third kappa shape index (κ3) is 5.92. The van der Waals surface area contributed by atoms with Gasteiger partial charge in [0.25, 0.3) is 0 Å². The van der Waals surface area contributed by atoms with Crippen LogP contribution < -0.4 is 5.32 Å². The van der Waals surface area contributed by atoms with Crippen LogP contribution in [0.1, 0.15) is 66.2 Å². The molecule has 0 saturated carbocycles. The summed E-state index contributed by atoms with van der Waals surface area (Å²) in [7, 11) is 0. The molecule has 1 heterocycles. The van der Waals surface area contributed by atoms with E-state index in [9.17, 15) is 0 Å². The van der Waals surface area contributed by atoms with Gasteiger partial charge in [-0.3, -0.25) is 0 Å². The molecule has 3 heteroatoms. The number of hydrogen-bond acceptors (Lipinski definition) is 3. The van der Waals surface area contributed by atoms with Gasteiger partial charge in [-0.15, -0.1) is 0 Å². The lowest BCUT2D eigenvalue weighted by molar-refractivity contribution is 0.493. The van der Waals surface area contributed by atoms with Gasteiger partial charge in [-0.05, 0) is 86.1 Å². The van der Waals surface area contributed by atoms with Crippen molar-refractivity contribution in [1.82, 2.24) is 5.32 Å². The highest BCUT2D eigenvalue weighted by Crippen LogP contribution is 2.58. The first-order chi connectivity index (χ1) is 27.0. The maximum Gasteiger partial charge on any atom is 0.159 e. The van der Waals surface area contributed by atoms with Gasteiger partial charge in [0.05, 0.1) is 0 Å². The Balaban J connectivity index is 1.01. The van der Waals surface area contributed by atoms with Gasteiger partial charge in [-0.25, -0.2) is 9.98 Å². The number of nitrogens with one attached hydrogen (secondary N) is 1. The maximum absolute atomic E-state index is 5.09. The van der Waals surface area contributed by atoms with Crippen LogP contribution in [0, 0.1) is 11.8 Å². The van der Waals surface area contributed by atoms with Crippen LogP contribution in [0.5, 0.6) is 0 Å². The summed E-state index contributed by atoms with van der Waals surface area (Å²) < 4.78 is 0. The molecule has 10 rings (SSSR count). The van der Waals surface area contributed by atoms with E-state index in [2.05, 4.69) is 159 Å². The molecule has 0 spiro atoms. The fourth-order valence-electron chi connectivity index (χ4n) is 9.12. The first-order valence-electron chi connectivity index (χ1n) is 19.6. The summed E-state index contributed by atoms with van der Waals surface area (Å²) in [6.45, 7) is 4.85. The van der Waals surface area contributed by atoms with E-state index in [-0.39, 0.29) is 11.6 Å². The SMILES string of the molecule is CC1(C)C2=CC3CCC=CC3C(c3ccc(-c4ccccc4)cc3)=C2c2ccc(-c3ccc(C4N=C(c5ccccc5)N=C(c5ccccc5)N4)cc3)cc21. The van der Waals surface area contributed by atoms with Crippen molar-refractivity contribution in [2.75, 3.05) is 0 Å². The molecular weight excluding hydrogens is 667 g/mol. The number of nitrogens with zero attached hydrogens (tertiary/aromatic N) is 2. The lowest BCUT2D eigenvalue weighted by atomic mass is 9.67. The zero-order chi connectivity index (χ0) is 36.9. The van der Waals surface area contributed by atoms with Gasteiger partial charge in [0.2, 0.25) is 0 Å². The van der Waals surface area contributed by atoms with Crippen molar-refractivity contribution in [2.45, 2.75) is 38.3 Å². The number of allylic oxidation sites excluding steroid dienone is 6. The third-order valence-electron chi connectivity index (χ3n) is 12.0. The summed E-state index contributed by atoms with van der Waals surface area (Å²) in [5.41, 5.74) is 16.5. The number of aliphatic imine (C=N–C) groups is 2. The van der Waals surface area contributed by atoms with Gasteiger partial charge in [0.15, 0.2) is 5.84 Å². The summed E-state index contributed by atoms with van der Waals surface area (Å²) in [6, 6.07) is 56.7. The molecule has 0 saturated heterocycles. The fraction of sp³-hybridized carbons (Fsp3) is 0.154. The van der Waals surface area contributed by atoms with Crippen molar-refractivity contribution >= 4 is 22.8 Å². The van der Waals surface area contributed by atoms with Gasteiger partial charge in [-0.2, -0.15) is 0 Å². The highest BCUT2D eigenvalue weighted by Gasteiger charge is 2.44. The van der Waals surface area contributed by atoms with Crippen molar-refractivity contribution in [1.29, 1.82) is 0 Å². The molecule has 0 bridgehead atoms. The second-order valence-corrected chi connectivity index (χ2v) is 15.7. The second kappa shape index (κ2) is 13.5. The standard InChI is InChI=1S/C52H43N3/c1-52(2)45-32-41(36-24-28-40(29-25-36)51-54-49(38-16-8-4-9-17-38)53-50(55-51)39-18-10-5-11-19-39)30-31-44(45)48-46(52)33-42-20-12-13-21-43(42)47(48)37-26-22-35(23-27-37)34-14-6-3-7-15-34/h3-11,13-19,21-33,42-43,51H,12,20H2,1-2H3,(H,53,54,55). The molecule has 3 unspecified atom stereocenters. The molecule has 1 N–H and O–H groups in total. The van der Waals surface area contributed by atoms with E-state index in [0.29, 0.717) is 11.8 Å². The van der Waals surface area contributed by atoms with Gasteiger partial charge >= 0.3 is 0 Å². The Labute approximate surface area is 324 Å². The summed E-state index contributed by atoms with van der Waals surface area (Å²) in [5, 5.41) is 3.61. The number of hydrogen-bond donors (Lipinski definition) is 1. The first kappa shape index (κ1) is 33.3. The van der Waals surface area contributed by atoms with Crippen molar-refractivity contribution in [2.24, 2.45) is 21.8 Å². The van der Waals surface area contributed by atoms with Crippen LogP contribution in [0.15, 0.2) is 192 Å². The lowest BCUT2D eigenvalue weighted by Gasteiger charge is -2.36. The van der Waals surface area contributed by atoms with E-state index in [0.717, 1.165) is 34.8 Å². The van der Waals surface area contributed by atoms with Crippen LogP contribution >= 0.6 is 0 Å². The van der Waals surface area contributed by atoms with Crippen LogP contribution in [0.25, 0.3) is 33.4 Å². The second-order valence-electron chi connectivity index (χ2n) is 15.7. The molecule has 6 aromatic rings. The predicted molar refractivity (Wildman–Crippen MR) is 229 cm³/mol. The predicted octanol–water partition coefficient (Wildman–Crippen LogP) is 12.2. The highest BCUT2D eigenvalue weighted by molar-refractivity contribution is 6.13. The Morgan fingerprint density at radius 3 is 1.89 bits per heavy atom. The van der Waals surface area contributed by atoms with Gasteiger partial charge in [0.1, 0.15) is 12.0 Å². The van der Waals surface area contributed by atoms with Crippen LogP contribution in [-0.4, -0.2) is 11.7 Å². The summed E-state index contributed by atoms with van der Waals surface area (Å²) in [5.74, 6) is 2.46. The molecule has 0 amide bonds. The van der Waals surface area contributed by atoms with Crippen molar-refractivity contribution in [3.63, 3.8) is 0 Å². The van der Waals surface area contributed by atoms with E-state index < -0.39 is 0 Å². The minimum Gasteiger partial charge on any atom is -0.344 e. The summed E-state index contributed by atoms with van der Waals surface area (Å²) in [4.78, 5) is 10.0. The number of rotatable bonds is 6. The van der Waals surface area contributed by atoms with Crippen LogP contribution in [-0.2, 0) is 5.41 Å². The molecule has 3 aliphatic carbocycles. The average Bonchev–Trinajstić information content (AvgIpc) is 3.48. The van der Waals surface area contributed by atoms with Crippen molar-refractivity contribution in [3.8, 4) is 22.3 Å². The quantitative estimate of drug-likeness (QED) is 0.172. The van der Waals surface area contributed by atoms with Crippen LogP contribution in [0.4, 0.5) is 0 Å². The minimum atomic E-state index is -0.254. The highest BCUT2D eigenvalue weighted by atomic mass is 15.2. The van der Waals surface area contributed by atoms with Crippen LogP contribution in [0.2, 0.25) is 0 Å². The third-order valence-corrected chi connectivity index (χ3v) is 12.0. The number of amidine groups is 2. The average molecular weight is 710 g/mol. The number of fused-ring (bicyclic) bond motifs is 4. The minimum absolute atomic E-state index is 0.107. The molecule has 6 aromatic carbocycles. The maximum atomic E-state index is 5.09. The molecule has 4 aliphatic rings. The molecule has 1 aliphatic heterocycles.